The third-order valence-electron chi connectivity index (χ3n) is 5.24. The van der Waals surface area contributed by atoms with E-state index in [-0.39, 0.29) is 37.5 Å². The molecule has 1 fully saturated rings. The lowest BCUT2D eigenvalue weighted by atomic mass is 9.95. The average Bonchev–Trinajstić information content (AvgIpc) is 2.72. The van der Waals surface area contributed by atoms with Gasteiger partial charge in [0.15, 0.2) is 6.04 Å². The van der Waals surface area contributed by atoms with Crippen LogP contribution in [0.2, 0.25) is 0 Å². The molecule has 31 heavy (non-hydrogen) atoms. The number of amides is 3. The van der Waals surface area contributed by atoms with Gasteiger partial charge in [-0.1, -0.05) is 24.3 Å². The topological polar surface area (TPSA) is 61.4 Å². The molecule has 1 heterocycles. The van der Waals surface area contributed by atoms with E-state index in [1.165, 1.54) is 4.90 Å². The molecule has 0 aromatic heterocycles. The molecule has 1 saturated heterocycles. The molecule has 1 unspecified atom stereocenters. The molecule has 0 radical (unpaired) electrons. The van der Waals surface area contributed by atoms with Crippen LogP contribution in [0.25, 0.3) is 0 Å². The second kappa shape index (κ2) is 9.36. The van der Waals surface area contributed by atoms with Crippen molar-refractivity contribution in [1.29, 1.82) is 0 Å². The van der Waals surface area contributed by atoms with Crippen LogP contribution in [-0.2, 0) is 4.79 Å². The summed E-state index contributed by atoms with van der Waals surface area (Å²) < 4.78 is 53.5. The highest BCUT2D eigenvalue weighted by Gasteiger charge is 2.43. The Morgan fingerprint density at radius 1 is 1.06 bits per heavy atom. The number of likely N-dealkylation sites (tertiary alicyclic amines) is 1. The van der Waals surface area contributed by atoms with Gasteiger partial charge in [0.2, 0.25) is 5.91 Å². The molecule has 1 aliphatic rings. The minimum Gasteiger partial charge on any atom is -0.341 e. The van der Waals surface area contributed by atoms with Gasteiger partial charge in [0.25, 0.3) is 0 Å². The van der Waals surface area contributed by atoms with Crippen molar-refractivity contribution in [3.63, 3.8) is 0 Å². The predicted molar refractivity (Wildman–Crippen MR) is 108 cm³/mol. The first-order valence-electron chi connectivity index (χ1n) is 9.88. The van der Waals surface area contributed by atoms with Crippen LogP contribution < -0.4 is 10.6 Å². The fourth-order valence-corrected chi connectivity index (χ4v) is 3.54. The summed E-state index contributed by atoms with van der Waals surface area (Å²) in [7, 11) is 0. The van der Waals surface area contributed by atoms with Gasteiger partial charge in [-0.3, -0.25) is 4.79 Å². The van der Waals surface area contributed by atoms with E-state index >= 15 is 0 Å². The number of halogens is 4. The molecule has 0 aliphatic carbocycles. The molecule has 1 aliphatic heterocycles. The van der Waals surface area contributed by atoms with E-state index in [9.17, 15) is 27.2 Å². The third-order valence-corrected chi connectivity index (χ3v) is 5.24. The van der Waals surface area contributed by atoms with E-state index in [1.54, 1.807) is 6.07 Å². The molecule has 3 rings (SSSR count). The Labute approximate surface area is 177 Å². The van der Waals surface area contributed by atoms with Crippen molar-refractivity contribution < 1.29 is 27.2 Å². The third kappa shape index (κ3) is 5.96. The highest BCUT2D eigenvalue weighted by molar-refractivity contribution is 5.89. The first-order chi connectivity index (χ1) is 14.6. The molecule has 166 valence electrons. The molecule has 0 bridgehead atoms. The molecule has 0 saturated carbocycles. The average molecular weight is 437 g/mol. The van der Waals surface area contributed by atoms with Crippen molar-refractivity contribution in [2.75, 3.05) is 18.4 Å². The Morgan fingerprint density at radius 3 is 2.29 bits per heavy atom. The summed E-state index contributed by atoms with van der Waals surface area (Å²) in [5.74, 6) is -2.04. The molecule has 2 aromatic rings. The Kier molecular flexibility index (Phi) is 6.82. The zero-order valence-electron chi connectivity index (χ0n) is 16.9. The van der Waals surface area contributed by atoms with E-state index in [4.69, 9.17) is 0 Å². The number of carbonyl (C=O) groups excluding carboxylic acids is 2. The first-order valence-corrected chi connectivity index (χ1v) is 9.88. The number of urea groups is 1. The molecule has 5 nitrogen and oxygen atoms in total. The molecule has 2 N–H and O–H groups in total. The quantitative estimate of drug-likeness (QED) is 0.676. The number of carbonyl (C=O) groups is 2. The smallest absolute Gasteiger partial charge is 0.341 e. The summed E-state index contributed by atoms with van der Waals surface area (Å²) in [6.45, 7) is 2.41. The van der Waals surface area contributed by atoms with Crippen LogP contribution in [-0.4, -0.2) is 36.1 Å². The standard InChI is InChI=1S/C22H23F4N3O2/c1-14-3-2-4-18(13-14)27-21(31)29-11-9-16(10-12-29)20(30)28-19(22(24,25)26)15-5-7-17(23)8-6-15/h2-8,13,16,19H,9-12H2,1H3,(H,27,31)(H,28,30). The number of aryl methyl sites for hydroxylation is 1. The van der Waals surface area contributed by atoms with Crippen molar-refractivity contribution in [2.45, 2.75) is 32.0 Å². The van der Waals surface area contributed by atoms with Gasteiger partial charge in [0.1, 0.15) is 5.82 Å². The predicted octanol–water partition coefficient (Wildman–Crippen LogP) is 4.80. The van der Waals surface area contributed by atoms with Crippen molar-refractivity contribution in [2.24, 2.45) is 5.92 Å². The second-order valence-corrected chi connectivity index (χ2v) is 7.60. The largest absolute Gasteiger partial charge is 0.412 e. The Balaban J connectivity index is 1.57. The van der Waals surface area contributed by atoms with Crippen molar-refractivity contribution in [3.05, 3.63) is 65.5 Å². The Hall–Kier alpha value is -3.10. The number of alkyl halides is 3. The van der Waals surface area contributed by atoms with Gasteiger partial charge in [-0.2, -0.15) is 13.2 Å². The maximum atomic E-state index is 13.5. The van der Waals surface area contributed by atoms with Gasteiger partial charge in [0, 0.05) is 24.7 Å². The highest BCUT2D eigenvalue weighted by Crippen LogP contribution is 2.33. The number of anilines is 1. The number of hydrogen-bond donors (Lipinski definition) is 2. The second-order valence-electron chi connectivity index (χ2n) is 7.60. The van der Waals surface area contributed by atoms with Crippen LogP contribution in [0, 0.1) is 18.7 Å². The van der Waals surface area contributed by atoms with Crippen molar-refractivity contribution in [3.8, 4) is 0 Å². The van der Waals surface area contributed by atoms with Gasteiger partial charge < -0.3 is 15.5 Å². The van der Waals surface area contributed by atoms with Crippen LogP contribution >= 0.6 is 0 Å². The summed E-state index contributed by atoms with van der Waals surface area (Å²) in [5.41, 5.74) is 1.41. The Bertz CT molecular complexity index is 923. The minimum absolute atomic E-state index is 0.239. The number of benzene rings is 2. The van der Waals surface area contributed by atoms with Gasteiger partial charge in [-0.25, -0.2) is 9.18 Å². The van der Waals surface area contributed by atoms with Gasteiger partial charge in [-0.15, -0.1) is 0 Å². The molecule has 1 atom stereocenters. The zero-order valence-corrected chi connectivity index (χ0v) is 16.9. The van der Waals surface area contributed by atoms with Gasteiger partial charge in [-0.05, 0) is 55.2 Å². The minimum atomic E-state index is -4.72. The fraction of sp³-hybridized carbons (Fsp3) is 0.364. The summed E-state index contributed by atoms with van der Waals surface area (Å²) in [5, 5.41) is 4.83. The lowest BCUT2D eigenvalue weighted by molar-refractivity contribution is -0.165. The number of nitrogens with zero attached hydrogens (tertiary/aromatic N) is 1. The lowest BCUT2D eigenvalue weighted by Gasteiger charge is -2.32. The SMILES string of the molecule is Cc1cccc(NC(=O)N2CCC(C(=O)NC(c3ccc(F)cc3)C(F)(F)F)CC2)c1. The van der Waals surface area contributed by atoms with Crippen LogP contribution in [0.5, 0.6) is 0 Å². The van der Waals surface area contributed by atoms with Gasteiger partial charge >= 0.3 is 12.2 Å². The van der Waals surface area contributed by atoms with E-state index in [2.05, 4.69) is 5.32 Å². The molecule has 9 heteroatoms. The summed E-state index contributed by atoms with van der Waals surface area (Å²) in [6.07, 6.45) is -4.22. The van der Waals surface area contributed by atoms with E-state index in [0.29, 0.717) is 5.69 Å². The summed E-state index contributed by atoms with van der Waals surface area (Å²) >= 11 is 0. The van der Waals surface area contributed by atoms with Crippen LogP contribution in [0.1, 0.15) is 30.0 Å². The number of hydrogen-bond acceptors (Lipinski definition) is 2. The zero-order chi connectivity index (χ0) is 22.6. The summed E-state index contributed by atoms with van der Waals surface area (Å²) in [6, 6.07) is 8.63. The van der Waals surface area contributed by atoms with Crippen LogP contribution in [0.15, 0.2) is 48.5 Å². The first kappa shape index (κ1) is 22.6. The van der Waals surface area contributed by atoms with E-state index in [0.717, 1.165) is 29.8 Å². The highest BCUT2D eigenvalue weighted by atomic mass is 19.4. The molecule has 2 aromatic carbocycles. The fourth-order valence-electron chi connectivity index (χ4n) is 3.54. The molecular weight excluding hydrogens is 414 g/mol. The van der Waals surface area contributed by atoms with Crippen LogP contribution in [0.3, 0.4) is 0 Å². The monoisotopic (exact) mass is 437 g/mol. The van der Waals surface area contributed by atoms with Crippen LogP contribution in [0.4, 0.5) is 28.0 Å². The maximum Gasteiger partial charge on any atom is 0.412 e. The van der Waals surface area contributed by atoms with Gasteiger partial charge in [0.05, 0.1) is 0 Å². The van der Waals surface area contributed by atoms with Crippen molar-refractivity contribution in [1.82, 2.24) is 10.2 Å². The molecular formula is C22H23F4N3O2. The van der Waals surface area contributed by atoms with E-state index < -0.39 is 29.9 Å². The van der Waals surface area contributed by atoms with E-state index in [1.807, 2.05) is 30.4 Å². The lowest BCUT2D eigenvalue weighted by Crippen LogP contribution is -2.46. The Morgan fingerprint density at radius 2 is 1.71 bits per heavy atom. The molecule has 3 amide bonds. The molecule has 0 spiro atoms. The number of rotatable bonds is 4. The number of nitrogens with one attached hydrogen (secondary N) is 2. The summed E-state index contributed by atoms with van der Waals surface area (Å²) in [4.78, 5) is 26.4. The number of piperidine rings is 1. The van der Waals surface area contributed by atoms with Crippen molar-refractivity contribution >= 4 is 17.6 Å². The normalized spacial score (nSPS) is 16.0. The maximum absolute atomic E-state index is 13.5.